The van der Waals surface area contributed by atoms with Crippen LogP contribution in [0.5, 0.6) is 0 Å². The van der Waals surface area contributed by atoms with Gasteiger partial charge in [0.2, 0.25) is 0 Å². The van der Waals surface area contributed by atoms with Crippen molar-refractivity contribution in [3.63, 3.8) is 0 Å². The molecule has 366 valence electrons. The number of carbonyl (C=O) groups is 2. The van der Waals surface area contributed by atoms with Gasteiger partial charge in [-0.2, -0.15) is 0 Å². The first-order valence-corrected chi connectivity index (χ1v) is 27.9. The maximum Gasteiger partial charge on any atom is 0.306 e. The molecule has 0 saturated heterocycles. The van der Waals surface area contributed by atoms with Crippen molar-refractivity contribution in [2.45, 2.75) is 309 Å². The lowest BCUT2D eigenvalue weighted by Gasteiger charge is -2.18. The van der Waals surface area contributed by atoms with Crippen LogP contribution >= 0.6 is 0 Å². The summed E-state index contributed by atoms with van der Waals surface area (Å²) in [6, 6.07) is 0. The van der Waals surface area contributed by atoms with Gasteiger partial charge in [0.15, 0.2) is 6.10 Å². The maximum atomic E-state index is 12.8. The molecule has 0 heterocycles. The SMILES string of the molecule is CCCCCC/C=C\CCCCCCCC(=O)O[C@H](COCCCCCCCCCCCCCCCCCC)COC(=O)CCCCCCCCC/C=C\CCCCCCCC. The zero-order valence-corrected chi connectivity index (χ0v) is 42.2. The first-order chi connectivity index (χ1) is 30.6. The average Bonchev–Trinajstić information content (AvgIpc) is 3.27. The summed E-state index contributed by atoms with van der Waals surface area (Å²) >= 11 is 0. The van der Waals surface area contributed by atoms with E-state index >= 15 is 0 Å². The highest BCUT2D eigenvalue weighted by molar-refractivity contribution is 5.70. The van der Waals surface area contributed by atoms with Crippen LogP contribution in [0.2, 0.25) is 0 Å². The lowest BCUT2D eigenvalue weighted by molar-refractivity contribution is -0.163. The van der Waals surface area contributed by atoms with Crippen molar-refractivity contribution < 1.29 is 23.8 Å². The van der Waals surface area contributed by atoms with Gasteiger partial charge in [0.25, 0.3) is 0 Å². The molecule has 0 unspecified atom stereocenters. The quantitative estimate of drug-likeness (QED) is 0.0346. The molecule has 0 amide bonds. The van der Waals surface area contributed by atoms with E-state index in [-0.39, 0.29) is 18.5 Å². The molecular weight excluding hydrogens is 765 g/mol. The summed E-state index contributed by atoms with van der Waals surface area (Å²) in [4.78, 5) is 25.4. The molecule has 62 heavy (non-hydrogen) atoms. The number of unbranched alkanes of at least 4 members (excludes halogenated alkanes) is 37. The van der Waals surface area contributed by atoms with Crippen LogP contribution in [0.3, 0.4) is 0 Å². The van der Waals surface area contributed by atoms with Crippen molar-refractivity contribution in [2.75, 3.05) is 19.8 Å². The smallest absolute Gasteiger partial charge is 0.306 e. The molecule has 0 aromatic rings. The molecule has 0 fully saturated rings. The van der Waals surface area contributed by atoms with Gasteiger partial charge in [-0.3, -0.25) is 9.59 Å². The highest BCUT2D eigenvalue weighted by Gasteiger charge is 2.17. The van der Waals surface area contributed by atoms with E-state index < -0.39 is 6.10 Å². The Balaban J connectivity index is 4.22. The van der Waals surface area contributed by atoms with E-state index in [0.29, 0.717) is 26.1 Å². The molecule has 0 saturated carbocycles. The summed E-state index contributed by atoms with van der Waals surface area (Å²) in [6.45, 7) is 7.86. The van der Waals surface area contributed by atoms with Crippen LogP contribution in [0.1, 0.15) is 303 Å². The predicted octanol–water partition coefficient (Wildman–Crippen LogP) is 18.8. The Labute approximate surface area is 387 Å². The van der Waals surface area contributed by atoms with E-state index in [0.717, 1.165) is 44.9 Å². The lowest BCUT2D eigenvalue weighted by atomic mass is 10.0. The van der Waals surface area contributed by atoms with Crippen LogP contribution in [0.25, 0.3) is 0 Å². The van der Waals surface area contributed by atoms with Gasteiger partial charge in [0.1, 0.15) is 6.61 Å². The highest BCUT2D eigenvalue weighted by atomic mass is 16.6. The monoisotopic (exact) mass is 873 g/mol. The molecule has 0 rings (SSSR count). The van der Waals surface area contributed by atoms with E-state index in [4.69, 9.17) is 14.2 Å². The maximum absolute atomic E-state index is 12.8. The zero-order chi connectivity index (χ0) is 44.9. The van der Waals surface area contributed by atoms with Gasteiger partial charge < -0.3 is 14.2 Å². The Hall–Kier alpha value is -1.62. The molecule has 0 aliphatic carbocycles. The number of hydrogen-bond acceptors (Lipinski definition) is 5. The molecular formula is C57H108O5. The molecule has 0 N–H and O–H groups in total. The molecule has 5 nitrogen and oxygen atoms in total. The number of carbonyl (C=O) groups excluding carboxylic acids is 2. The molecule has 0 radical (unpaired) electrons. The van der Waals surface area contributed by atoms with Crippen molar-refractivity contribution in [3.05, 3.63) is 24.3 Å². The van der Waals surface area contributed by atoms with E-state index in [1.807, 2.05) is 0 Å². The van der Waals surface area contributed by atoms with E-state index in [9.17, 15) is 9.59 Å². The van der Waals surface area contributed by atoms with Gasteiger partial charge in [0.05, 0.1) is 6.61 Å². The second kappa shape index (κ2) is 53.7. The van der Waals surface area contributed by atoms with Crippen molar-refractivity contribution in [2.24, 2.45) is 0 Å². The fourth-order valence-electron chi connectivity index (χ4n) is 8.27. The van der Waals surface area contributed by atoms with Crippen LogP contribution in [-0.2, 0) is 23.8 Å². The Bertz CT molecular complexity index is 943. The minimum atomic E-state index is -0.535. The van der Waals surface area contributed by atoms with Gasteiger partial charge in [-0.05, 0) is 70.6 Å². The first kappa shape index (κ1) is 60.4. The van der Waals surface area contributed by atoms with Crippen LogP contribution in [-0.4, -0.2) is 37.9 Å². The standard InChI is InChI=1S/C57H108O5/c1-4-7-10-13-16-19-22-25-27-29-30-33-35-38-41-44-47-50-56(58)61-54-55(62-57(59)51-48-45-42-39-36-32-24-21-18-15-12-9-6-3)53-60-52-49-46-43-40-37-34-31-28-26-23-20-17-14-11-8-5-2/h21,24-25,27,55H,4-20,22-23,26,28-54H2,1-3H3/b24-21-,27-25-/t55-/m1/s1. The largest absolute Gasteiger partial charge is 0.462 e. The first-order valence-electron chi connectivity index (χ1n) is 27.9. The second-order valence-corrected chi connectivity index (χ2v) is 18.8. The van der Waals surface area contributed by atoms with Crippen molar-refractivity contribution in [1.29, 1.82) is 0 Å². The van der Waals surface area contributed by atoms with Crippen molar-refractivity contribution >= 4 is 11.9 Å². The molecule has 0 aliphatic rings. The summed E-state index contributed by atoms with van der Waals surface area (Å²) in [6.07, 6.45) is 63.3. The summed E-state index contributed by atoms with van der Waals surface area (Å²) in [7, 11) is 0. The summed E-state index contributed by atoms with van der Waals surface area (Å²) in [5.74, 6) is -0.393. The third-order valence-electron chi connectivity index (χ3n) is 12.5. The number of rotatable bonds is 52. The molecule has 0 aliphatic heterocycles. The van der Waals surface area contributed by atoms with Crippen LogP contribution in [0.4, 0.5) is 0 Å². The van der Waals surface area contributed by atoms with Crippen LogP contribution in [0, 0.1) is 0 Å². The number of esters is 2. The second-order valence-electron chi connectivity index (χ2n) is 18.8. The molecule has 0 bridgehead atoms. The third-order valence-corrected chi connectivity index (χ3v) is 12.5. The van der Waals surface area contributed by atoms with Gasteiger partial charge in [-0.1, -0.05) is 244 Å². The number of allylic oxidation sites excluding steroid dienone is 4. The van der Waals surface area contributed by atoms with Crippen LogP contribution in [0.15, 0.2) is 24.3 Å². The Morgan fingerprint density at radius 1 is 0.339 bits per heavy atom. The van der Waals surface area contributed by atoms with Crippen molar-refractivity contribution in [1.82, 2.24) is 0 Å². The highest BCUT2D eigenvalue weighted by Crippen LogP contribution is 2.16. The lowest BCUT2D eigenvalue weighted by Crippen LogP contribution is -2.30. The van der Waals surface area contributed by atoms with Crippen LogP contribution < -0.4 is 0 Å². The molecule has 0 spiro atoms. The number of ether oxygens (including phenoxy) is 3. The molecule has 0 aromatic heterocycles. The van der Waals surface area contributed by atoms with Crippen molar-refractivity contribution in [3.8, 4) is 0 Å². The fraction of sp³-hybridized carbons (Fsp3) is 0.895. The summed E-state index contributed by atoms with van der Waals surface area (Å²) in [5.41, 5.74) is 0. The Morgan fingerprint density at radius 3 is 1.00 bits per heavy atom. The third kappa shape index (κ3) is 51.0. The van der Waals surface area contributed by atoms with Gasteiger partial charge >= 0.3 is 11.9 Å². The average molecular weight is 873 g/mol. The minimum Gasteiger partial charge on any atom is -0.462 e. The molecule has 5 heteroatoms. The van der Waals surface area contributed by atoms with E-state index in [1.165, 1.54) is 225 Å². The Morgan fingerprint density at radius 2 is 0.629 bits per heavy atom. The van der Waals surface area contributed by atoms with Gasteiger partial charge in [0, 0.05) is 19.4 Å². The fourth-order valence-corrected chi connectivity index (χ4v) is 8.27. The van der Waals surface area contributed by atoms with E-state index in [2.05, 4.69) is 45.1 Å². The summed E-state index contributed by atoms with van der Waals surface area (Å²) < 4.78 is 17.5. The Kier molecular flexibility index (Phi) is 52.3. The normalized spacial score (nSPS) is 12.2. The molecule has 1 atom stereocenters. The van der Waals surface area contributed by atoms with Gasteiger partial charge in [-0.25, -0.2) is 0 Å². The minimum absolute atomic E-state index is 0.0864. The topological polar surface area (TPSA) is 61.8 Å². The predicted molar refractivity (Wildman–Crippen MR) is 270 cm³/mol. The van der Waals surface area contributed by atoms with Gasteiger partial charge in [-0.15, -0.1) is 0 Å². The summed E-state index contributed by atoms with van der Waals surface area (Å²) in [5, 5.41) is 0. The molecule has 0 aromatic carbocycles. The van der Waals surface area contributed by atoms with E-state index in [1.54, 1.807) is 0 Å². The number of hydrogen-bond donors (Lipinski definition) is 0. The zero-order valence-electron chi connectivity index (χ0n) is 42.2.